The van der Waals surface area contributed by atoms with E-state index in [2.05, 4.69) is 5.10 Å². The monoisotopic (exact) mass is 208 g/mol. The predicted octanol–water partition coefficient (Wildman–Crippen LogP) is 2.32. The number of halogens is 3. The molecule has 0 spiro atoms. The largest absolute Gasteiger partial charge is 0.478 e. The van der Waals surface area contributed by atoms with Gasteiger partial charge in [0.25, 0.3) is 0 Å². The van der Waals surface area contributed by atoms with Crippen LogP contribution in [0, 0.1) is 0 Å². The summed E-state index contributed by atoms with van der Waals surface area (Å²) in [4.78, 5) is 0. The predicted molar refractivity (Wildman–Crippen MR) is 44.1 cm³/mol. The SMILES string of the molecule is CCOc1cc(C(F)(F)F)nn1CC. The molecule has 0 fully saturated rings. The van der Waals surface area contributed by atoms with Crippen LogP contribution in [0.1, 0.15) is 19.5 Å². The van der Waals surface area contributed by atoms with Crippen molar-refractivity contribution in [2.45, 2.75) is 26.6 Å². The molecule has 3 nitrogen and oxygen atoms in total. The van der Waals surface area contributed by atoms with Crippen molar-refractivity contribution in [3.8, 4) is 5.88 Å². The third-order valence-corrected chi connectivity index (χ3v) is 1.63. The Balaban J connectivity index is 3.00. The maximum atomic E-state index is 12.2. The highest BCUT2D eigenvalue weighted by molar-refractivity contribution is 5.18. The van der Waals surface area contributed by atoms with Crippen molar-refractivity contribution in [2.75, 3.05) is 6.61 Å². The number of nitrogens with zero attached hydrogens (tertiary/aromatic N) is 2. The Labute approximate surface area is 79.5 Å². The minimum Gasteiger partial charge on any atom is -0.478 e. The molecule has 0 amide bonds. The van der Waals surface area contributed by atoms with Crippen LogP contribution in [0.15, 0.2) is 6.07 Å². The fourth-order valence-electron chi connectivity index (χ4n) is 1.03. The van der Waals surface area contributed by atoms with Gasteiger partial charge in [0.2, 0.25) is 5.88 Å². The van der Waals surface area contributed by atoms with Crippen molar-refractivity contribution in [3.05, 3.63) is 11.8 Å². The van der Waals surface area contributed by atoms with Crippen molar-refractivity contribution < 1.29 is 17.9 Å². The number of hydrogen-bond acceptors (Lipinski definition) is 2. The van der Waals surface area contributed by atoms with Crippen LogP contribution < -0.4 is 4.74 Å². The van der Waals surface area contributed by atoms with Gasteiger partial charge in [0.1, 0.15) is 0 Å². The van der Waals surface area contributed by atoms with Gasteiger partial charge >= 0.3 is 6.18 Å². The Morgan fingerprint density at radius 1 is 1.43 bits per heavy atom. The lowest BCUT2D eigenvalue weighted by Crippen LogP contribution is -2.07. The molecule has 0 atom stereocenters. The molecule has 80 valence electrons. The first-order valence-electron chi connectivity index (χ1n) is 4.26. The maximum Gasteiger partial charge on any atom is 0.435 e. The van der Waals surface area contributed by atoms with Crippen LogP contribution in [-0.4, -0.2) is 16.4 Å². The lowest BCUT2D eigenvalue weighted by molar-refractivity contribution is -0.141. The summed E-state index contributed by atoms with van der Waals surface area (Å²) in [5.74, 6) is 0.155. The Hall–Kier alpha value is -1.20. The highest BCUT2D eigenvalue weighted by atomic mass is 19.4. The molecule has 1 rings (SSSR count). The zero-order valence-corrected chi connectivity index (χ0v) is 7.93. The van der Waals surface area contributed by atoms with E-state index in [0.717, 1.165) is 6.07 Å². The Morgan fingerprint density at radius 3 is 2.50 bits per heavy atom. The van der Waals surface area contributed by atoms with Crippen LogP contribution >= 0.6 is 0 Å². The minimum atomic E-state index is -4.41. The molecular formula is C8H11F3N2O. The molecule has 0 aliphatic heterocycles. The van der Waals surface area contributed by atoms with Gasteiger partial charge in [-0.3, -0.25) is 0 Å². The van der Waals surface area contributed by atoms with E-state index in [1.54, 1.807) is 13.8 Å². The number of alkyl halides is 3. The normalized spacial score (nSPS) is 11.8. The summed E-state index contributed by atoms with van der Waals surface area (Å²) in [6, 6.07) is 0.910. The van der Waals surface area contributed by atoms with Crippen LogP contribution in [0.4, 0.5) is 13.2 Å². The van der Waals surface area contributed by atoms with Crippen LogP contribution in [0.2, 0.25) is 0 Å². The van der Waals surface area contributed by atoms with E-state index < -0.39 is 11.9 Å². The summed E-state index contributed by atoms with van der Waals surface area (Å²) in [5, 5.41) is 3.39. The number of hydrogen-bond donors (Lipinski definition) is 0. The summed E-state index contributed by atoms with van der Waals surface area (Å²) in [5.41, 5.74) is -0.914. The molecule has 0 N–H and O–H groups in total. The van der Waals surface area contributed by atoms with E-state index in [4.69, 9.17) is 4.74 Å². The summed E-state index contributed by atoms with van der Waals surface area (Å²) < 4.78 is 42.9. The molecule has 0 saturated heterocycles. The lowest BCUT2D eigenvalue weighted by Gasteiger charge is -2.03. The number of aryl methyl sites for hydroxylation is 1. The van der Waals surface area contributed by atoms with Gasteiger partial charge in [-0.1, -0.05) is 0 Å². The Bertz CT molecular complexity index is 306. The third-order valence-electron chi connectivity index (χ3n) is 1.63. The van der Waals surface area contributed by atoms with Crippen molar-refractivity contribution in [1.82, 2.24) is 9.78 Å². The van der Waals surface area contributed by atoms with Gasteiger partial charge in [0, 0.05) is 12.6 Å². The van der Waals surface area contributed by atoms with Crippen LogP contribution in [-0.2, 0) is 12.7 Å². The highest BCUT2D eigenvalue weighted by Gasteiger charge is 2.35. The van der Waals surface area contributed by atoms with Gasteiger partial charge in [-0.2, -0.15) is 18.3 Å². The third kappa shape index (κ3) is 2.18. The fourth-order valence-corrected chi connectivity index (χ4v) is 1.03. The zero-order valence-electron chi connectivity index (χ0n) is 7.93. The molecule has 0 bridgehead atoms. The van der Waals surface area contributed by atoms with Crippen molar-refractivity contribution >= 4 is 0 Å². The van der Waals surface area contributed by atoms with Gasteiger partial charge in [0.05, 0.1) is 6.61 Å². The van der Waals surface area contributed by atoms with E-state index in [-0.39, 0.29) is 5.88 Å². The van der Waals surface area contributed by atoms with Crippen molar-refractivity contribution in [2.24, 2.45) is 0 Å². The molecular weight excluding hydrogens is 197 g/mol. The molecule has 14 heavy (non-hydrogen) atoms. The fraction of sp³-hybridized carbons (Fsp3) is 0.625. The second kappa shape index (κ2) is 3.89. The van der Waals surface area contributed by atoms with Gasteiger partial charge < -0.3 is 4.74 Å². The van der Waals surface area contributed by atoms with E-state index in [0.29, 0.717) is 13.2 Å². The number of rotatable bonds is 3. The van der Waals surface area contributed by atoms with Gasteiger partial charge in [-0.15, -0.1) is 0 Å². The molecule has 1 aromatic heterocycles. The van der Waals surface area contributed by atoms with Gasteiger partial charge in [0.15, 0.2) is 5.69 Å². The summed E-state index contributed by atoms with van der Waals surface area (Å²) in [7, 11) is 0. The van der Waals surface area contributed by atoms with Gasteiger partial charge in [-0.05, 0) is 13.8 Å². The second-order valence-corrected chi connectivity index (χ2v) is 2.61. The average Bonchev–Trinajstić information content (AvgIpc) is 2.47. The Kier molecular flexibility index (Phi) is 3.03. The molecule has 1 heterocycles. The first kappa shape index (κ1) is 10.9. The summed E-state index contributed by atoms with van der Waals surface area (Å²) in [6.45, 7) is 4.09. The highest BCUT2D eigenvalue weighted by Crippen LogP contribution is 2.30. The van der Waals surface area contributed by atoms with E-state index >= 15 is 0 Å². The molecule has 0 aliphatic rings. The molecule has 0 aromatic carbocycles. The van der Waals surface area contributed by atoms with E-state index in [1.807, 2.05) is 0 Å². The zero-order chi connectivity index (χ0) is 10.8. The van der Waals surface area contributed by atoms with E-state index in [9.17, 15) is 13.2 Å². The molecule has 0 unspecified atom stereocenters. The lowest BCUT2D eigenvalue weighted by atomic mass is 10.4. The molecule has 0 radical (unpaired) electrons. The topological polar surface area (TPSA) is 27.1 Å². The summed E-state index contributed by atoms with van der Waals surface area (Å²) in [6.07, 6.45) is -4.41. The van der Waals surface area contributed by atoms with Crippen molar-refractivity contribution in [3.63, 3.8) is 0 Å². The molecule has 0 saturated carbocycles. The van der Waals surface area contributed by atoms with Crippen LogP contribution in [0.3, 0.4) is 0 Å². The standard InChI is InChI=1S/C8H11F3N2O/c1-3-13-7(14-4-2)5-6(12-13)8(9,10)11/h5H,3-4H2,1-2H3. The van der Waals surface area contributed by atoms with E-state index in [1.165, 1.54) is 4.68 Å². The minimum absolute atomic E-state index is 0.155. The maximum absolute atomic E-state index is 12.2. The van der Waals surface area contributed by atoms with Crippen molar-refractivity contribution in [1.29, 1.82) is 0 Å². The molecule has 0 aliphatic carbocycles. The Morgan fingerprint density at radius 2 is 2.07 bits per heavy atom. The second-order valence-electron chi connectivity index (χ2n) is 2.61. The summed E-state index contributed by atoms with van der Waals surface area (Å²) >= 11 is 0. The quantitative estimate of drug-likeness (QED) is 0.762. The number of aromatic nitrogens is 2. The number of ether oxygens (including phenoxy) is 1. The molecule has 6 heteroatoms. The van der Waals surface area contributed by atoms with Gasteiger partial charge in [-0.25, -0.2) is 4.68 Å². The van der Waals surface area contributed by atoms with Crippen LogP contribution in [0.5, 0.6) is 5.88 Å². The van der Waals surface area contributed by atoms with Crippen LogP contribution in [0.25, 0.3) is 0 Å². The first-order valence-corrected chi connectivity index (χ1v) is 4.26. The molecule has 1 aromatic rings. The first-order chi connectivity index (χ1) is 6.49. The average molecular weight is 208 g/mol. The smallest absolute Gasteiger partial charge is 0.435 e.